The molecule has 1 aliphatic carbocycles. The lowest BCUT2D eigenvalue weighted by molar-refractivity contribution is -0.125. The summed E-state index contributed by atoms with van der Waals surface area (Å²) in [6.45, 7) is 10.6. The Balaban J connectivity index is 2.89. The van der Waals surface area contributed by atoms with Gasteiger partial charge in [0.05, 0.1) is 0 Å². The number of ketones is 1. The van der Waals surface area contributed by atoms with Crippen LogP contribution in [0.25, 0.3) is 0 Å². The van der Waals surface area contributed by atoms with Gasteiger partial charge >= 0.3 is 0 Å². The van der Waals surface area contributed by atoms with Crippen molar-refractivity contribution in [3.8, 4) is 0 Å². The molecule has 84 valence electrons. The third-order valence-corrected chi connectivity index (χ3v) is 3.09. The quantitative estimate of drug-likeness (QED) is 0.626. The van der Waals surface area contributed by atoms with E-state index in [0.717, 1.165) is 12.8 Å². The van der Waals surface area contributed by atoms with Crippen LogP contribution < -0.4 is 0 Å². The number of hydrogen-bond donors (Lipinski definition) is 0. The summed E-state index contributed by atoms with van der Waals surface area (Å²) in [5.41, 5.74) is 1.24. The Morgan fingerprint density at radius 3 is 2.53 bits per heavy atom. The van der Waals surface area contributed by atoms with Crippen molar-refractivity contribution in [1.82, 2.24) is 0 Å². The molecule has 1 nitrogen and oxygen atoms in total. The molecule has 0 amide bonds. The van der Waals surface area contributed by atoms with Gasteiger partial charge in [0.2, 0.25) is 0 Å². The summed E-state index contributed by atoms with van der Waals surface area (Å²) in [4.78, 5) is 11.9. The lowest BCUT2D eigenvalue weighted by Crippen LogP contribution is -2.35. The van der Waals surface area contributed by atoms with Crippen molar-refractivity contribution in [3.05, 3.63) is 23.8 Å². The van der Waals surface area contributed by atoms with Gasteiger partial charge in [0, 0.05) is 5.41 Å². The van der Waals surface area contributed by atoms with E-state index >= 15 is 0 Å². The van der Waals surface area contributed by atoms with Gasteiger partial charge < -0.3 is 0 Å². The van der Waals surface area contributed by atoms with Crippen LogP contribution in [0.1, 0.15) is 47.5 Å². The van der Waals surface area contributed by atoms with Crippen molar-refractivity contribution in [3.63, 3.8) is 0 Å². The first kappa shape index (κ1) is 12.2. The molecule has 0 aromatic heterocycles. The minimum Gasteiger partial charge on any atom is -0.294 e. The van der Waals surface area contributed by atoms with Gasteiger partial charge in [-0.1, -0.05) is 38.5 Å². The van der Waals surface area contributed by atoms with Crippen molar-refractivity contribution in [2.45, 2.75) is 47.5 Å². The van der Waals surface area contributed by atoms with E-state index < -0.39 is 0 Å². The van der Waals surface area contributed by atoms with E-state index in [-0.39, 0.29) is 16.6 Å². The number of hydrogen-bond acceptors (Lipinski definition) is 1. The van der Waals surface area contributed by atoms with Gasteiger partial charge in [0.1, 0.15) is 0 Å². The van der Waals surface area contributed by atoms with Crippen LogP contribution >= 0.6 is 0 Å². The molecule has 1 aliphatic rings. The number of carbonyl (C=O) groups excluding carboxylic acids is 1. The molecule has 0 aromatic rings. The normalized spacial score (nSPS) is 29.0. The molecule has 0 fully saturated rings. The summed E-state index contributed by atoms with van der Waals surface area (Å²) in [6, 6.07) is 0. The molecule has 1 rings (SSSR count). The molecule has 0 aliphatic heterocycles. The Morgan fingerprint density at radius 1 is 1.40 bits per heavy atom. The second-order valence-electron chi connectivity index (χ2n) is 5.91. The Bertz CT molecular complexity index is 316. The van der Waals surface area contributed by atoms with E-state index in [4.69, 9.17) is 0 Å². The predicted molar refractivity (Wildman–Crippen MR) is 64.7 cm³/mol. The summed E-state index contributed by atoms with van der Waals surface area (Å²) in [7, 11) is 0. The molecule has 0 saturated heterocycles. The molecule has 1 heteroatoms. The molecule has 0 aromatic carbocycles. The van der Waals surface area contributed by atoms with Gasteiger partial charge in [-0.15, -0.1) is 0 Å². The summed E-state index contributed by atoms with van der Waals surface area (Å²) >= 11 is 0. The molecule has 1 unspecified atom stereocenters. The second-order valence-corrected chi connectivity index (χ2v) is 5.91. The molecule has 15 heavy (non-hydrogen) atoms. The highest BCUT2D eigenvalue weighted by molar-refractivity contribution is 5.95. The van der Waals surface area contributed by atoms with Crippen LogP contribution in [0, 0.1) is 10.8 Å². The molecule has 0 radical (unpaired) electrons. The Labute approximate surface area is 93.3 Å². The van der Waals surface area contributed by atoms with E-state index in [0.29, 0.717) is 0 Å². The number of rotatable bonds is 2. The van der Waals surface area contributed by atoms with Gasteiger partial charge in [0.15, 0.2) is 5.78 Å². The van der Waals surface area contributed by atoms with Crippen LogP contribution in [-0.2, 0) is 4.79 Å². The zero-order valence-electron chi connectivity index (χ0n) is 10.6. The van der Waals surface area contributed by atoms with E-state index in [1.54, 1.807) is 6.08 Å². The lowest BCUT2D eigenvalue weighted by atomic mass is 9.66. The van der Waals surface area contributed by atoms with Gasteiger partial charge in [-0.3, -0.25) is 4.79 Å². The van der Waals surface area contributed by atoms with Crippen molar-refractivity contribution < 1.29 is 4.79 Å². The van der Waals surface area contributed by atoms with E-state index in [9.17, 15) is 4.79 Å². The molecule has 0 saturated carbocycles. The van der Waals surface area contributed by atoms with Gasteiger partial charge in [-0.05, 0) is 38.2 Å². The zero-order valence-corrected chi connectivity index (χ0v) is 10.6. The zero-order chi connectivity index (χ0) is 11.7. The van der Waals surface area contributed by atoms with Crippen LogP contribution in [0.15, 0.2) is 23.8 Å². The van der Waals surface area contributed by atoms with Crippen LogP contribution in [0.4, 0.5) is 0 Å². The van der Waals surface area contributed by atoms with Crippen LogP contribution in [0.2, 0.25) is 0 Å². The van der Waals surface area contributed by atoms with E-state index in [2.05, 4.69) is 40.7 Å². The third kappa shape index (κ3) is 3.05. The van der Waals surface area contributed by atoms with Crippen molar-refractivity contribution in [2.24, 2.45) is 10.8 Å². The van der Waals surface area contributed by atoms with Crippen molar-refractivity contribution >= 4 is 5.78 Å². The van der Waals surface area contributed by atoms with Crippen molar-refractivity contribution in [2.75, 3.05) is 0 Å². The fourth-order valence-electron chi connectivity index (χ4n) is 2.26. The molecule has 0 heterocycles. The average molecular weight is 206 g/mol. The van der Waals surface area contributed by atoms with E-state index in [1.165, 1.54) is 5.57 Å². The van der Waals surface area contributed by atoms with Gasteiger partial charge in [0.25, 0.3) is 0 Å². The fraction of sp³-hybridized carbons (Fsp3) is 0.643. The molecule has 1 atom stereocenters. The van der Waals surface area contributed by atoms with Crippen LogP contribution in [0.5, 0.6) is 0 Å². The number of carbonyl (C=O) groups is 1. The lowest BCUT2D eigenvalue weighted by Gasteiger charge is -2.37. The van der Waals surface area contributed by atoms with Gasteiger partial charge in [-0.25, -0.2) is 0 Å². The maximum Gasteiger partial charge on any atom is 0.161 e. The minimum atomic E-state index is -0.199. The molecular formula is C14H22O. The highest BCUT2D eigenvalue weighted by atomic mass is 16.1. The SMILES string of the molecule is CC(C)=CCC1(C)CC(C)(C)C=CC1=O. The Hall–Kier alpha value is -0.850. The summed E-state index contributed by atoms with van der Waals surface area (Å²) < 4.78 is 0. The molecule has 0 bridgehead atoms. The van der Waals surface area contributed by atoms with Crippen molar-refractivity contribution in [1.29, 1.82) is 0 Å². The minimum absolute atomic E-state index is 0.151. The highest BCUT2D eigenvalue weighted by Gasteiger charge is 2.38. The largest absolute Gasteiger partial charge is 0.294 e. The Kier molecular flexibility index (Phi) is 3.22. The molecule has 0 N–H and O–H groups in total. The summed E-state index contributed by atoms with van der Waals surface area (Å²) in [5, 5.41) is 0. The average Bonchev–Trinajstić information content (AvgIpc) is 2.09. The van der Waals surface area contributed by atoms with E-state index in [1.807, 2.05) is 6.08 Å². The molecular weight excluding hydrogens is 184 g/mol. The number of allylic oxidation sites excluding steroid dienone is 4. The highest BCUT2D eigenvalue weighted by Crippen LogP contribution is 2.42. The second kappa shape index (κ2) is 3.96. The smallest absolute Gasteiger partial charge is 0.161 e. The van der Waals surface area contributed by atoms with Crippen LogP contribution in [-0.4, -0.2) is 5.78 Å². The standard InChI is InChI=1S/C14H22O/c1-11(2)6-9-14(5)10-13(3,4)8-7-12(14)15/h6-8H,9-10H2,1-5H3. The molecule has 0 spiro atoms. The topological polar surface area (TPSA) is 17.1 Å². The fourth-order valence-corrected chi connectivity index (χ4v) is 2.26. The maximum absolute atomic E-state index is 11.9. The summed E-state index contributed by atoms with van der Waals surface area (Å²) in [6.07, 6.45) is 7.79. The first-order valence-electron chi connectivity index (χ1n) is 5.62. The first-order chi connectivity index (χ1) is 6.75. The summed E-state index contributed by atoms with van der Waals surface area (Å²) in [5.74, 6) is 0.277. The first-order valence-corrected chi connectivity index (χ1v) is 5.62. The van der Waals surface area contributed by atoms with Crippen LogP contribution in [0.3, 0.4) is 0 Å². The van der Waals surface area contributed by atoms with Gasteiger partial charge in [-0.2, -0.15) is 0 Å². The third-order valence-electron chi connectivity index (χ3n) is 3.09. The Morgan fingerprint density at radius 2 is 2.00 bits per heavy atom. The maximum atomic E-state index is 11.9. The predicted octanol–water partition coefficient (Wildman–Crippen LogP) is 3.90. The monoisotopic (exact) mass is 206 g/mol.